The van der Waals surface area contributed by atoms with Gasteiger partial charge in [-0.15, -0.1) is 0 Å². The predicted molar refractivity (Wildman–Crippen MR) is 80.2 cm³/mol. The summed E-state index contributed by atoms with van der Waals surface area (Å²) in [5.41, 5.74) is 3.66. The molecule has 2 aromatic carbocycles. The molecule has 2 heteroatoms. The molecule has 0 aliphatic rings. The van der Waals surface area contributed by atoms with E-state index in [1.807, 2.05) is 18.5 Å². The fourth-order valence-electron chi connectivity index (χ4n) is 2.28. The van der Waals surface area contributed by atoms with Gasteiger partial charge in [0.1, 0.15) is 0 Å². The van der Waals surface area contributed by atoms with Crippen LogP contribution in [0.5, 0.6) is 0 Å². The van der Waals surface area contributed by atoms with E-state index < -0.39 is 0 Å². The highest BCUT2D eigenvalue weighted by Gasteiger charge is 2.02. The summed E-state index contributed by atoms with van der Waals surface area (Å²) >= 11 is 0. The second-order valence-electron chi connectivity index (χ2n) is 4.69. The number of aromatic nitrogens is 1. The minimum atomic E-state index is 0.791. The second-order valence-corrected chi connectivity index (χ2v) is 4.69. The number of benzene rings is 2. The summed E-state index contributed by atoms with van der Waals surface area (Å²) in [6.45, 7) is 2.91. The number of aryl methyl sites for hydroxylation is 1. The Morgan fingerprint density at radius 3 is 2.63 bits per heavy atom. The van der Waals surface area contributed by atoms with Gasteiger partial charge in [-0.2, -0.15) is 0 Å². The molecule has 0 amide bonds. The molecule has 3 aromatic rings. The molecule has 2 nitrogen and oxygen atoms in total. The van der Waals surface area contributed by atoms with Gasteiger partial charge in [0.05, 0.1) is 0 Å². The molecule has 0 aliphatic heterocycles. The Morgan fingerprint density at radius 1 is 0.947 bits per heavy atom. The first-order chi connectivity index (χ1) is 9.34. The molecule has 0 radical (unpaired) electrons. The summed E-state index contributed by atoms with van der Waals surface area (Å²) in [5, 5.41) is 5.93. The zero-order valence-electron chi connectivity index (χ0n) is 10.9. The van der Waals surface area contributed by atoms with Gasteiger partial charge in [0.25, 0.3) is 0 Å². The van der Waals surface area contributed by atoms with Crippen molar-refractivity contribution in [2.75, 3.05) is 5.32 Å². The highest BCUT2D eigenvalue weighted by Crippen LogP contribution is 2.19. The van der Waals surface area contributed by atoms with Crippen molar-refractivity contribution in [3.05, 3.63) is 72.1 Å². The van der Waals surface area contributed by atoms with Gasteiger partial charge in [-0.3, -0.25) is 4.98 Å². The summed E-state index contributed by atoms with van der Waals surface area (Å²) < 4.78 is 0. The molecular weight excluding hydrogens is 232 g/mol. The highest BCUT2D eigenvalue weighted by atomic mass is 14.9. The maximum Gasteiger partial charge on any atom is 0.0422 e. The van der Waals surface area contributed by atoms with E-state index in [1.54, 1.807) is 0 Å². The SMILES string of the molecule is Cc1ccccc1NCc1cncc2ccccc12. The summed E-state index contributed by atoms with van der Waals surface area (Å²) in [7, 11) is 0. The average Bonchev–Trinajstić information content (AvgIpc) is 2.46. The minimum Gasteiger partial charge on any atom is -0.381 e. The number of pyridine rings is 1. The van der Waals surface area contributed by atoms with E-state index in [-0.39, 0.29) is 0 Å². The number of anilines is 1. The molecule has 0 bridgehead atoms. The van der Waals surface area contributed by atoms with E-state index in [9.17, 15) is 0 Å². The number of fused-ring (bicyclic) bond motifs is 1. The van der Waals surface area contributed by atoms with Crippen LogP contribution in [0.2, 0.25) is 0 Å². The normalized spacial score (nSPS) is 10.6. The molecule has 1 heterocycles. The first-order valence-corrected chi connectivity index (χ1v) is 6.46. The molecule has 0 spiro atoms. The van der Waals surface area contributed by atoms with E-state index in [4.69, 9.17) is 0 Å². The molecule has 0 saturated heterocycles. The fourth-order valence-corrected chi connectivity index (χ4v) is 2.28. The average molecular weight is 248 g/mol. The van der Waals surface area contributed by atoms with Crippen LogP contribution in [0.25, 0.3) is 10.8 Å². The van der Waals surface area contributed by atoms with E-state index >= 15 is 0 Å². The lowest BCUT2D eigenvalue weighted by molar-refractivity contribution is 1.13. The molecule has 0 unspecified atom stereocenters. The van der Waals surface area contributed by atoms with Gasteiger partial charge >= 0.3 is 0 Å². The number of nitrogens with zero attached hydrogens (tertiary/aromatic N) is 1. The third-order valence-electron chi connectivity index (χ3n) is 3.37. The Kier molecular flexibility index (Phi) is 3.15. The van der Waals surface area contributed by atoms with Gasteiger partial charge in [0.2, 0.25) is 0 Å². The molecule has 1 aromatic heterocycles. The van der Waals surface area contributed by atoms with Crippen LogP contribution in [0.4, 0.5) is 5.69 Å². The van der Waals surface area contributed by atoms with Gasteiger partial charge < -0.3 is 5.32 Å². The van der Waals surface area contributed by atoms with Crippen LogP contribution in [0, 0.1) is 6.92 Å². The van der Waals surface area contributed by atoms with Crippen molar-refractivity contribution in [3.63, 3.8) is 0 Å². The number of hydrogen-bond acceptors (Lipinski definition) is 2. The van der Waals surface area contributed by atoms with Crippen molar-refractivity contribution < 1.29 is 0 Å². The molecular formula is C17H16N2. The minimum absolute atomic E-state index is 0.791. The monoisotopic (exact) mass is 248 g/mol. The molecule has 0 aliphatic carbocycles. The van der Waals surface area contributed by atoms with Gasteiger partial charge in [0.15, 0.2) is 0 Å². The van der Waals surface area contributed by atoms with Crippen molar-refractivity contribution in [2.24, 2.45) is 0 Å². The molecule has 94 valence electrons. The number of para-hydroxylation sites is 1. The summed E-state index contributed by atoms with van der Waals surface area (Å²) in [5.74, 6) is 0. The van der Waals surface area contributed by atoms with Crippen molar-refractivity contribution in [2.45, 2.75) is 13.5 Å². The summed E-state index contributed by atoms with van der Waals surface area (Å²) in [4.78, 5) is 4.31. The Hall–Kier alpha value is -2.35. The Balaban J connectivity index is 1.88. The van der Waals surface area contributed by atoms with Crippen molar-refractivity contribution >= 4 is 16.5 Å². The Bertz CT molecular complexity index is 699. The zero-order valence-corrected chi connectivity index (χ0v) is 10.9. The largest absolute Gasteiger partial charge is 0.381 e. The van der Waals surface area contributed by atoms with E-state index in [1.165, 1.54) is 27.6 Å². The topological polar surface area (TPSA) is 24.9 Å². The smallest absolute Gasteiger partial charge is 0.0422 e. The Labute approximate surface area is 113 Å². The first kappa shape index (κ1) is 11.7. The standard InChI is InChI=1S/C17H16N2/c1-13-6-2-5-9-17(13)19-12-15-11-18-10-14-7-3-4-8-16(14)15/h2-11,19H,12H2,1H3. The van der Waals surface area contributed by atoms with Crippen LogP contribution in [-0.2, 0) is 6.54 Å². The van der Waals surface area contributed by atoms with E-state index in [2.05, 4.69) is 59.7 Å². The van der Waals surface area contributed by atoms with Crippen LogP contribution >= 0.6 is 0 Å². The van der Waals surface area contributed by atoms with Gasteiger partial charge in [-0.05, 0) is 29.5 Å². The first-order valence-electron chi connectivity index (χ1n) is 6.46. The maximum absolute atomic E-state index is 4.31. The van der Waals surface area contributed by atoms with Gasteiger partial charge in [0, 0.05) is 30.0 Å². The van der Waals surface area contributed by atoms with Crippen LogP contribution in [0.1, 0.15) is 11.1 Å². The van der Waals surface area contributed by atoms with Crippen LogP contribution in [0.3, 0.4) is 0 Å². The molecule has 1 N–H and O–H groups in total. The third kappa shape index (κ3) is 2.43. The lowest BCUT2D eigenvalue weighted by atomic mass is 10.1. The predicted octanol–water partition coefficient (Wildman–Crippen LogP) is 4.16. The van der Waals surface area contributed by atoms with Crippen LogP contribution in [-0.4, -0.2) is 4.98 Å². The van der Waals surface area contributed by atoms with E-state index in [0.717, 1.165) is 6.54 Å². The molecule has 0 saturated carbocycles. The molecule has 3 rings (SSSR count). The molecule has 0 fully saturated rings. The van der Waals surface area contributed by atoms with Gasteiger partial charge in [-0.25, -0.2) is 0 Å². The highest BCUT2D eigenvalue weighted by molar-refractivity contribution is 5.84. The number of nitrogens with one attached hydrogen (secondary N) is 1. The quantitative estimate of drug-likeness (QED) is 0.753. The maximum atomic E-state index is 4.31. The van der Waals surface area contributed by atoms with Crippen LogP contribution in [0.15, 0.2) is 60.9 Å². The fraction of sp³-hybridized carbons (Fsp3) is 0.118. The third-order valence-corrected chi connectivity index (χ3v) is 3.37. The summed E-state index contributed by atoms with van der Waals surface area (Å²) in [6, 6.07) is 16.7. The molecule has 19 heavy (non-hydrogen) atoms. The lowest BCUT2D eigenvalue weighted by Crippen LogP contribution is -2.02. The second kappa shape index (κ2) is 5.11. The van der Waals surface area contributed by atoms with Crippen LogP contribution < -0.4 is 5.32 Å². The lowest BCUT2D eigenvalue weighted by Gasteiger charge is -2.10. The molecule has 0 atom stereocenters. The number of rotatable bonds is 3. The Morgan fingerprint density at radius 2 is 1.74 bits per heavy atom. The van der Waals surface area contributed by atoms with E-state index in [0.29, 0.717) is 0 Å². The van der Waals surface area contributed by atoms with Crippen molar-refractivity contribution in [1.82, 2.24) is 4.98 Å². The van der Waals surface area contributed by atoms with Crippen molar-refractivity contribution in [1.29, 1.82) is 0 Å². The van der Waals surface area contributed by atoms with Crippen molar-refractivity contribution in [3.8, 4) is 0 Å². The van der Waals surface area contributed by atoms with Gasteiger partial charge in [-0.1, -0.05) is 42.5 Å². The summed E-state index contributed by atoms with van der Waals surface area (Å²) in [6.07, 6.45) is 3.85. The zero-order chi connectivity index (χ0) is 13.1. The number of hydrogen-bond donors (Lipinski definition) is 1.